The van der Waals surface area contributed by atoms with Crippen LogP contribution in [0.4, 0.5) is 0 Å². The highest BCUT2D eigenvalue weighted by atomic mass is 32.2. The zero-order valence-corrected chi connectivity index (χ0v) is 16.2. The van der Waals surface area contributed by atoms with Crippen molar-refractivity contribution in [1.29, 1.82) is 0 Å². The minimum Gasteiger partial charge on any atom is -0.505 e. The van der Waals surface area contributed by atoms with Gasteiger partial charge >= 0.3 is 5.69 Å². The number of aromatic nitrogens is 3. The summed E-state index contributed by atoms with van der Waals surface area (Å²) >= 11 is 0. The standard InChI is InChI=1S/C17H21N3O7S/c1-19-17(25)20(7-8-28(26,27)9-10-5-6-10)16(24)14(18-19)15(23)13-11(21)3-2-4-12(13)22/h10,23H,2-9H2,1H3. The number of Topliss-reactive ketones (excluding diaryl/α,β-unsaturated/α-hetero) is 2. The molecule has 0 saturated heterocycles. The monoisotopic (exact) mass is 411 g/mol. The smallest absolute Gasteiger partial charge is 0.347 e. The molecule has 0 aromatic carbocycles. The summed E-state index contributed by atoms with van der Waals surface area (Å²) < 4.78 is 25.7. The van der Waals surface area contributed by atoms with E-state index >= 15 is 0 Å². The van der Waals surface area contributed by atoms with E-state index in [9.17, 15) is 32.7 Å². The average molecular weight is 411 g/mol. The van der Waals surface area contributed by atoms with Crippen LogP contribution in [0.3, 0.4) is 0 Å². The van der Waals surface area contributed by atoms with E-state index in [1.165, 1.54) is 7.05 Å². The first-order chi connectivity index (χ1) is 13.1. The van der Waals surface area contributed by atoms with Crippen molar-refractivity contribution >= 4 is 27.2 Å². The maximum atomic E-state index is 12.7. The Balaban J connectivity index is 2.00. The van der Waals surface area contributed by atoms with E-state index in [0.29, 0.717) is 11.0 Å². The Morgan fingerprint density at radius 3 is 2.32 bits per heavy atom. The molecule has 3 rings (SSSR count). The number of carbonyl (C=O) groups excluding carboxylic acids is 2. The summed E-state index contributed by atoms with van der Waals surface area (Å²) in [7, 11) is -2.22. The highest BCUT2D eigenvalue weighted by Gasteiger charge is 2.31. The minimum atomic E-state index is -3.45. The molecule has 2 fully saturated rings. The van der Waals surface area contributed by atoms with Gasteiger partial charge in [0.15, 0.2) is 32.9 Å². The molecule has 1 heterocycles. The van der Waals surface area contributed by atoms with Crippen molar-refractivity contribution in [3.8, 4) is 0 Å². The molecule has 2 saturated carbocycles. The number of hydrogen-bond acceptors (Lipinski definition) is 8. The normalized spacial score (nSPS) is 17.8. The van der Waals surface area contributed by atoms with Crippen LogP contribution in [-0.4, -0.2) is 50.9 Å². The van der Waals surface area contributed by atoms with Crippen LogP contribution in [0, 0.1) is 5.92 Å². The van der Waals surface area contributed by atoms with Crippen LogP contribution in [0.2, 0.25) is 0 Å². The third kappa shape index (κ3) is 4.13. The SMILES string of the molecule is Cn1nc(C(O)=C2C(=O)CCCC2=O)c(=O)n(CCS(=O)(=O)CC2CC2)c1=O. The molecule has 0 amide bonds. The maximum Gasteiger partial charge on any atom is 0.347 e. The lowest BCUT2D eigenvalue weighted by molar-refractivity contribution is -0.123. The molecule has 152 valence electrons. The summed E-state index contributed by atoms with van der Waals surface area (Å²) in [5.41, 5.74) is -3.02. The van der Waals surface area contributed by atoms with Gasteiger partial charge in [-0.15, -0.1) is 0 Å². The zero-order valence-electron chi connectivity index (χ0n) is 15.4. The van der Waals surface area contributed by atoms with Crippen molar-refractivity contribution in [3.05, 3.63) is 32.1 Å². The first kappa shape index (κ1) is 20.2. The second-order valence-electron chi connectivity index (χ2n) is 7.19. The third-order valence-electron chi connectivity index (χ3n) is 4.84. The van der Waals surface area contributed by atoms with Gasteiger partial charge in [-0.05, 0) is 25.2 Å². The van der Waals surface area contributed by atoms with Crippen LogP contribution in [-0.2, 0) is 33.0 Å². The molecule has 0 atom stereocenters. The van der Waals surface area contributed by atoms with Gasteiger partial charge in [0.05, 0.1) is 11.5 Å². The Hall–Kier alpha value is -2.56. The number of aliphatic hydroxyl groups excluding tert-OH is 1. The van der Waals surface area contributed by atoms with E-state index in [1.807, 2.05) is 0 Å². The van der Waals surface area contributed by atoms with Gasteiger partial charge in [0.2, 0.25) is 0 Å². The van der Waals surface area contributed by atoms with E-state index in [2.05, 4.69) is 5.10 Å². The zero-order chi connectivity index (χ0) is 20.6. The van der Waals surface area contributed by atoms with Gasteiger partial charge in [-0.3, -0.25) is 19.0 Å². The minimum absolute atomic E-state index is 0.0122. The average Bonchev–Trinajstić information content (AvgIpc) is 3.41. The topological polar surface area (TPSA) is 145 Å². The molecule has 2 aliphatic rings. The molecular weight excluding hydrogens is 390 g/mol. The molecule has 0 spiro atoms. The van der Waals surface area contributed by atoms with E-state index < -0.39 is 62.0 Å². The van der Waals surface area contributed by atoms with Gasteiger partial charge in [-0.1, -0.05) is 0 Å². The number of rotatable bonds is 6. The summed E-state index contributed by atoms with van der Waals surface area (Å²) in [5.74, 6) is -2.32. The Morgan fingerprint density at radius 2 is 1.75 bits per heavy atom. The van der Waals surface area contributed by atoms with Crippen molar-refractivity contribution in [3.63, 3.8) is 0 Å². The fourth-order valence-electron chi connectivity index (χ4n) is 3.13. The number of carbonyl (C=O) groups is 2. The quantitative estimate of drug-likeness (QED) is 0.369. The van der Waals surface area contributed by atoms with Gasteiger partial charge in [0.1, 0.15) is 5.57 Å². The van der Waals surface area contributed by atoms with Crippen molar-refractivity contribution in [1.82, 2.24) is 14.3 Å². The predicted molar refractivity (Wildman–Crippen MR) is 98.5 cm³/mol. The fourth-order valence-corrected chi connectivity index (χ4v) is 4.80. The number of aryl methyl sites for hydroxylation is 1. The van der Waals surface area contributed by atoms with Crippen LogP contribution >= 0.6 is 0 Å². The molecule has 0 aliphatic heterocycles. The van der Waals surface area contributed by atoms with Crippen LogP contribution < -0.4 is 11.2 Å². The van der Waals surface area contributed by atoms with Crippen LogP contribution in [0.25, 0.3) is 5.76 Å². The Labute approximate surface area is 160 Å². The van der Waals surface area contributed by atoms with Crippen LogP contribution in [0.15, 0.2) is 15.2 Å². The summed E-state index contributed by atoms with van der Waals surface area (Å²) in [6.07, 6.45) is 2.18. The molecule has 2 aliphatic carbocycles. The van der Waals surface area contributed by atoms with Gasteiger partial charge in [0.25, 0.3) is 5.56 Å². The van der Waals surface area contributed by atoms with Gasteiger partial charge < -0.3 is 5.11 Å². The lowest BCUT2D eigenvalue weighted by Gasteiger charge is -2.14. The molecule has 10 nitrogen and oxygen atoms in total. The summed E-state index contributed by atoms with van der Waals surface area (Å²) in [4.78, 5) is 48.9. The number of ketones is 2. The largest absolute Gasteiger partial charge is 0.505 e. The van der Waals surface area contributed by atoms with Crippen molar-refractivity contribution < 1.29 is 23.1 Å². The second kappa shape index (κ2) is 7.46. The molecule has 1 aromatic heterocycles. The number of sulfone groups is 1. The first-order valence-corrected chi connectivity index (χ1v) is 10.8. The van der Waals surface area contributed by atoms with E-state index in [1.54, 1.807) is 0 Å². The molecule has 0 bridgehead atoms. The molecule has 0 unspecified atom stereocenters. The molecule has 0 radical (unpaired) electrons. The predicted octanol–water partition coefficient (Wildman–Crippen LogP) is -0.642. The second-order valence-corrected chi connectivity index (χ2v) is 9.42. The van der Waals surface area contributed by atoms with E-state index in [4.69, 9.17) is 0 Å². The Kier molecular flexibility index (Phi) is 5.37. The molecular formula is C17H21N3O7S. The number of allylic oxidation sites excluding steroid dienone is 1. The van der Waals surface area contributed by atoms with Crippen molar-refractivity contribution in [2.24, 2.45) is 13.0 Å². The fraction of sp³-hybridized carbons (Fsp3) is 0.588. The first-order valence-electron chi connectivity index (χ1n) is 8.99. The molecule has 1 N–H and O–H groups in total. The maximum absolute atomic E-state index is 12.7. The summed E-state index contributed by atoms with van der Waals surface area (Å²) in [5, 5.41) is 14.1. The third-order valence-corrected chi connectivity index (χ3v) is 6.63. The van der Waals surface area contributed by atoms with Gasteiger partial charge in [-0.25, -0.2) is 17.9 Å². The van der Waals surface area contributed by atoms with Crippen LogP contribution in [0.1, 0.15) is 37.8 Å². The molecule has 11 heteroatoms. The highest BCUT2D eigenvalue weighted by Crippen LogP contribution is 2.30. The number of hydrogen-bond donors (Lipinski definition) is 1. The van der Waals surface area contributed by atoms with Gasteiger partial charge in [0, 0.05) is 26.4 Å². The molecule has 1 aromatic rings. The number of aliphatic hydroxyl groups is 1. The lowest BCUT2D eigenvalue weighted by Crippen LogP contribution is -2.44. The summed E-state index contributed by atoms with van der Waals surface area (Å²) in [6, 6.07) is 0. The van der Waals surface area contributed by atoms with E-state index in [0.717, 1.165) is 17.5 Å². The lowest BCUT2D eigenvalue weighted by atomic mass is 9.91. The van der Waals surface area contributed by atoms with Crippen molar-refractivity contribution in [2.45, 2.75) is 38.6 Å². The number of nitrogens with zero attached hydrogens (tertiary/aromatic N) is 3. The summed E-state index contributed by atoms with van der Waals surface area (Å²) in [6.45, 7) is -0.402. The van der Waals surface area contributed by atoms with Crippen LogP contribution in [0.5, 0.6) is 0 Å². The Bertz CT molecular complexity index is 1070. The highest BCUT2D eigenvalue weighted by molar-refractivity contribution is 7.91. The molecule has 28 heavy (non-hydrogen) atoms. The van der Waals surface area contributed by atoms with Gasteiger partial charge in [-0.2, -0.15) is 5.10 Å². The van der Waals surface area contributed by atoms with Crippen molar-refractivity contribution in [2.75, 3.05) is 11.5 Å². The van der Waals surface area contributed by atoms with E-state index in [-0.39, 0.29) is 24.5 Å². The Morgan fingerprint density at radius 1 is 1.14 bits per heavy atom.